The maximum atomic E-state index is 3.46. The molecule has 2 nitrogen and oxygen atoms in total. The summed E-state index contributed by atoms with van der Waals surface area (Å²) >= 11 is 0. The second-order valence-electron chi connectivity index (χ2n) is 5.45. The minimum absolute atomic E-state index is 0.639. The van der Waals surface area contributed by atoms with Crippen molar-refractivity contribution >= 4 is 0 Å². The van der Waals surface area contributed by atoms with E-state index in [1.807, 2.05) is 0 Å². The van der Waals surface area contributed by atoms with Crippen molar-refractivity contribution in [3.8, 4) is 0 Å². The molecule has 0 radical (unpaired) electrons. The number of nitrogens with one attached hydrogen (secondary N) is 1. The van der Waals surface area contributed by atoms with E-state index in [9.17, 15) is 0 Å². The molecular formula is C14H32N2. The number of hydrogen-bond donors (Lipinski definition) is 1. The van der Waals surface area contributed by atoms with Crippen LogP contribution in [0.1, 0.15) is 59.8 Å². The molecule has 16 heavy (non-hydrogen) atoms. The molecule has 0 fully saturated rings. The molecule has 0 aromatic heterocycles. The Morgan fingerprint density at radius 1 is 0.875 bits per heavy atom. The first-order chi connectivity index (χ1) is 7.54. The minimum atomic E-state index is 0.639. The number of rotatable bonds is 10. The highest BCUT2D eigenvalue weighted by atomic mass is 15.1. The van der Waals surface area contributed by atoms with Crippen molar-refractivity contribution in [3.63, 3.8) is 0 Å². The molecule has 0 saturated carbocycles. The lowest BCUT2D eigenvalue weighted by molar-refractivity contribution is 0.267. The highest BCUT2D eigenvalue weighted by molar-refractivity contribution is 4.57. The molecule has 0 spiro atoms. The Morgan fingerprint density at radius 2 is 1.44 bits per heavy atom. The van der Waals surface area contributed by atoms with Crippen molar-refractivity contribution in [1.82, 2.24) is 10.2 Å². The molecule has 0 aromatic rings. The van der Waals surface area contributed by atoms with Crippen molar-refractivity contribution in [1.29, 1.82) is 0 Å². The Balaban J connectivity index is 3.10. The van der Waals surface area contributed by atoms with Gasteiger partial charge in [0.1, 0.15) is 0 Å². The standard InChI is InChI=1S/C14H32N2/c1-13(2)15-11-9-7-6-8-10-12-16(5)14(3)4/h13-15H,6-12H2,1-5H3. The molecule has 0 heterocycles. The van der Waals surface area contributed by atoms with Gasteiger partial charge in [-0.3, -0.25) is 0 Å². The topological polar surface area (TPSA) is 15.3 Å². The Bertz CT molecular complexity index is 144. The Labute approximate surface area is 103 Å². The van der Waals surface area contributed by atoms with Crippen molar-refractivity contribution in [2.24, 2.45) is 0 Å². The van der Waals surface area contributed by atoms with Gasteiger partial charge in [-0.05, 0) is 46.8 Å². The van der Waals surface area contributed by atoms with Gasteiger partial charge in [0.05, 0.1) is 0 Å². The normalized spacial score (nSPS) is 12.0. The largest absolute Gasteiger partial charge is 0.315 e. The highest BCUT2D eigenvalue weighted by Gasteiger charge is 2.01. The summed E-state index contributed by atoms with van der Waals surface area (Å²) in [5, 5.41) is 3.46. The molecule has 0 amide bonds. The van der Waals surface area contributed by atoms with Crippen LogP contribution in [0.3, 0.4) is 0 Å². The zero-order valence-electron chi connectivity index (χ0n) is 12.1. The van der Waals surface area contributed by atoms with Crippen molar-refractivity contribution in [2.45, 2.75) is 71.9 Å². The predicted octanol–water partition coefficient (Wildman–Crippen LogP) is 3.28. The van der Waals surface area contributed by atoms with Crippen LogP contribution < -0.4 is 5.32 Å². The summed E-state index contributed by atoms with van der Waals surface area (Å²) < 4.78 is 0. The maximum Gasteiger partial charge on any atom is 0.00355 e. The van der Waals surface area contributed by atoms with E-state index in [4.69, 9.17) is 0 Å². The molecule has 2 heteroatoms. The van der Waals surface area contributed by atoms with Crippen LogP contribution in [0, 0.1) is 0 Å². The van der Waals surface area contributed by atoms with Crippen molar-refractivity contribution in [2.75, 3.05) is 20.1 Å². The molecular weight excluding hydrogens is 196 g/mol. The van der Waals surface area contributed by atoms with E-state index in [-0.39, 0.29) is 0 Å². The fraction of sp³-hybridized carbons (Fsp3) is 1.00. The van der Waals surface area contributed by atoms with Crippen molar-refractivity contribution in [3.05, 3.63) is 0 Å². The first-order valence-corrected chi connectivity index (χ1v) is 6.97. The Morgan fingerprint density at radius 3 is 2.00 bits per heavy atom. The molecule has 0 aromatic carbocycles. The molecule has 0 rings (SSSR count). The van der Waals surface area contributed by atoms with E-state index in [2.05, 4.69) is 45.0 Å². The number of nitrogens with zero attached hydrogens (tertiary/aromatic N) is 1. The molecule has 0 aliphatic carbocycles. The van der Waals surface area contributed by atoms with Crippen LogP contribution in [0.4, 0.5) is 0 Å². The van der Waals surface area contributed by atoms with Gasteiger partial charge in [0.25, 0.3) is 0 Å². The zero-order chi connectivity index (χ0) is 12.4. The lowest BCUT2D eigenvalue weighted by Gasteiger charge is -2.20. The first-order valence-electron chi connectivity index (χ1n) is 6.97. The summed E-state index contributed by atoms with van der Waals surface area (Å²) in [4.78, 5) is 2.43. The third-order valence-corrected chi connectivity index (χ3v) is 3.12. The molecule has 0 aliphatic rings. The van der Waals surface area contributed by atoms with Crippen LogP contribution in [0.2, 0.25) is 0 Å². The van der Waals surface area contributed by atoms with Gasteiger partial charge in [0.2, 0.25) is 0 Å². The SMILES string of the molecule is CC(C)NCCCCCCCN(C)C(C)C. The average molecular weight is 228 g/mol. The molecule has 0 aliphatic heterocycles. The van der Waals surface area contributed by atoms with E-state index in [0.29, 0.717) is 12.1 Å². The van der Waals surface area contributed by atoms with Gasteiger partial charge in [-0.2, -0.15) is 0 Å². The number of hydrogen-bond acceptors (Lipinski definition) is 2. The van der Waals surface area contributed by atoms with Crippen LogP contribution in [0.25, 0.3) is 0 Å². The maximum absolute atomic E-state index is 3.46. The fourth-order valence-electron chi connectivity index (χ4n) is 1.67. The zero-order valence-corrected chi connectivity index (χ0v) is 12.1. The van der Waals surface area contributed by atoms with Crippen LogP contribution in [-0.2, 0) is 0 Å². The van der Waals surface area contributed by atoms with Gasteiger partial charge in [-0.1, -0.05) is 33.1 Å². The Hall–Kier alpha value is -0.0800. The van der Waals surface area contributed by atoms with Gasteiger partial charge in [0.15, 0.2) is 0 Å². The second-order valence-corrected chi connectivity index (χ2v) is 5.45. The molecule has 98 valence electrons. The fourth-order valence-corrected chi connectivity index (χ4v) is 1.67. The Kier molecular flexibility index (Phi) is 10.0. The van der Waals surface area contributed by atoms with Crippen molar-refractivity contribution < 1.29 is 0 Å². The molecule has 0 bridgehead atoms. The summed E-state index contributed by atoms with van der Waals surface area (Å²) in [6.45, 7) is 11.4. The third kappa shape index (κ3) is 10.4. The summed E-state index contributed by atoms with van der Waals surface area (Å²) in [6, 6.07) is 1.33. The predicted molar refractivity (Wildman–Crippen MR) is 74.0 cm³/mol. The van der Waals surface area contributed by atoms with E-state index >= 15 is 0 Å². The lowest BCUT2D eigenvalue weighted by Crippen LogP contribution is -2.27. The minimum Gasteiger partial charge on any atom is -0.315 e. The molecule has 0 unspecified atom stereocenters. The smallest absolute Gasteiger partial charge is 0.00355 e. The highest BCUT2D eigenvalue weighted by Crippen LogP contribution is 2.04. The van der Waals surface area contributed by atoms with Crippen LogP contribution in [0.5, 0.6) is 0 Å². The van der Waals surface area contributed by atoms with Crippen LogP contribution >= 0.6 is 0 Å². The first kappa shape index (κ1) is 15.9. The summed E-state index contributed by atoms with van der Waals surface area (Å²) in [7, 11) is 2.22. The summed E-state index contributed by atoms with van der Waals surface area (Å²) in [5.74, 6) is 0. The van der Waals surface area contributed by atoms with Crippen LogP contribution in [0.15, 0.2) is 0 Å². The van der Waals surface area contributed by atoms with Gasteiger partial charge in [0, 0.05) is 12.1 Å². The molecule has 1 N–H and O–H groups in total. The summed E-state index contributed by atoms with van der Waals surface area (Å²) in [6.07, 6.45) is 6.85. The van der Waals surface area contributed by atoms with E-state index < -0.39 is 0 Å². The monoisotopic (exact) mass is 228 g/mol. The van der Waals surface area contributed by atoms with Crippen LogP contribution in [-0.4, -0.2) is 37.1 Å². The third-order valence-electron chi connectivity index (χ3n) is 3.12. The van der Waals surface area contributed by atoms with Gasteiger partial charge < -0.3 is 10.2 Å². The van der Waals surface area contributed by atoms with Gasteiger partial charge in [-0.25, -0.2) is 0 Å². The molecule has 0 atom stereocenters. The van der Waals surface area contributed by atoms with Gasteiger partial charge in [-0.15, -0.1) is 0 Å². The lowest BCUT2D eigenvalue weighted by atomic mass is 10.1. The quantitative estimate of drug-likeness (QED) is 0.577. The number of unbranched alkanes of at least 4 members (excludes halogenated alkanes) is 4. The van der Waals surface area contributed by atoms with Gasteiger partial charge >= 0.3 is 0 Å². The van der Waals surface area contributed by atoms with E-state index in [1.165, 1.54) is 45.2 Å². The second kappa shape index (κ2) is 10.1. The average Bonchev–Trinajstić information content (AvgIpc) is 2.21. The van der Waals surface area contributed by atoms with E-state index in [1.54, 1.807) is 0 Å². The summed E-state index contributed by atoms with van der Waals surface area (Å²) in [5.41, 5.74) is 0. The molecule has 0 saturated heterocycles. The van der Waals surface area contributed by atoms with E-state index in [0.717, 1.165) is 0 Å².